The van der Waals surface area contributed by atoms with Crippen molar-refractivity contribution in [2.45, 2.75) is 0 Å². The van der Waals surface area contributed by atoms with Crippen molar-refractivity contribution in [3.63, 3.8) is 0 Å². The number of nitrogens with one attached hydrogen (secondary N) is 1. The van der Waals surface area contributed by atoms with Gasteiger partial charge in [-0.25, -0.2) is 4.79 Å². The van der Waals surface area contributed by atoms with Crippen LogP contribution in [0.1, 0.15) is 10.4 Å². The highest BCUT2D eigenvalue weighted by atomic mass is 79.9. The first-order valence-electron chi connectivity index (χ1n) is 3.53. The Labute approximate surface area is 84.2 Å². The Bertz CT molecular complexity index is 328. The maximum atomic E-state index is 11.2. The summed E-state index contributed by atoms with van der Waals surface area (Å²) in [5.74, 6) is 4.82. The fraction of sp³-hybridized carbons (Fsp3) is 0.125. The van der Waals surface area contributed by atoms with E-state index in [2.05, 4.69) is 26.1 Å². The molecule has 0 aromatic heterocycles. The van der Waals surface area contributed by atoms with Crippen molar-refractivity contribution in [3.05, 3.63) is 28.2 Å². The minimum Gasteiger partial charge on any atom is -0.465 e. The molecule has 0 bridgehead atoms. The maximum absolute atomic E-state index is 11.2. The average Bonchev–Trinajstić information content (AvgIpc) is 2.16. The molecule has 4 nitrogen and oxygen atoms in total. The number of benzene rings is 1. The quantitative estimate of drug-likeness (QED) is 0.471. The van der Waals surface area contributed by atoms with Crippen LogP contribution in [0.3, 0.4) is 0 Å². The van der Waals surface area contributed by atoms with Gasteiger partial charge < -0.3 is 10.2 Å². The summed E-state index contributed by atoms with van der Waals surface area (Å²) in [5.41, 5.74) is 3.36. The van der Waals surface area contributed by atoms with E-state index >= 15 is 0 Å². The fourth-order valence-electron chi connectivity index (χ4n) is 0.924. The second kappa shape index (κ2) is 4.25. The van der Waals surface area contributed by atoms with Crippen LogP contribution in [0.2, 0.25) is 0 Å². The number of carbonyl (C=O) groups is 1. The first-order chi connectivity index (χ1) is 6.19. The van der Waals surface area contributed by atoms with Gasteiger partial charge in [-0.1, -0.05) is 15.9 Å². The Kier molecular flexibility index (Phi) is 3.27. The van der Waals surface area contributed by atoms with Crippen LogP contribution >= 0.6 is 15.9 Å². The number of nitrogens with two attached hydrogens (primary N) is 1. The Morgan fingerprint density at radius 3 is 2.85 bits per heavy atom. The standard InChI is InChI=1S/C8H9BrN2O2/c1-13-8(12)6-3-2-5(9)4-7(6)11-10/h2-4,11H,10H2,1H3. The molecule has 0 aliphatic heterocycles. The molecule has 1 aromatic carbocycles. The normalized spacial score (nSPS) is 9.46. The number of hydrogen-bond donors (Lipinski definition) is 2. The van der Waals surface area contributed by atoms with Crippen molar-refractivity contribution in [3.8, 4) is 0 Å². The number of carbonyl (C=O) groups excluding carboxylic acids is 1. The summed E-state index contributed by atoms with van der Waals surface area (Å²) < 4.78 is 5.41. The number of hydrazine groups is 1. The molecular formula is C8H9BrN2O2. The van der Waals surface area contributed by atoms with Crippen LogP contribution in [-0.2, 0) is 4.74 Å². The third-order valence-electron chi connectivity index (χ3n) is 1.54. The molecule has 13 heavy (non-hydrogen) atoms. The summed E-state index contributed by atoms with van der Waals surface area (Å²) >= 11 is 3.26. The van der Waals surface area contributed by atoms with Crippen LogP contribution in [0.15, 0.2) is 22.7 Å². The zero-order chi connectivity index (χ0) is 9.84. The van der Waals surface area contributed by atoms with Gasteiger partial charge in [0.1, 0.15) is 0 Å². The van der Waals surface area contributed by atoms with E-state index < -0.39 is 5.97 Å². The van der Waals surface area contributed by atoms with Gasteiger partial charge in [-0.05, 0) is 18.2 Å². The summed E-state index contributed by atoms with van der Waals surface area (Å²) in [5, 5.41) is 0. The summed E-state index contributed by atoms with van der Waals surface area (Å²) in [7, 11) is 1.32. The minimum atomic E-state index is -0.416. The van der Waals surface area contributed by atoms with Crippen molar-refractivity contribution in [2.75, 3.05) is 12.5 Å². The van der Waals surface area contributed by atoms with E-state index in [1.165, 1.54) is 7.11 Å². The molecule has 70 valence electrons. The van der Waals surface area contributed by atoms with E-state index in [-0.39, 0.29) is 0 Å². The third kappa shape index (κ3) is 2.19. The minimum absolute atomic E-state index is 0.410. The average molecular weight is 245 g/mol. The third-order valence-corrected chi connectivity index (χ3v) is 2.04. The Hall–Kier alpha value is -1.07. The van der Waals surface area contributed by atoms with Crippen LogP contribution < -0.4 is 11.3 Å². The lowest BCUT2D eigenvalue weighted by Crippen LogP contribution is -2.12. The molecule has 0 saturated heterocycles. The van der Waals surface area contributed by atoms with Gasteiger partial charge in [0.05, 0.1) is 18.4 Å². The number of methoxy groups -OCH3 is 1. The molecule has 0 heterocycles. The van der Waals surface area contributed by atoms with Gasteiger partial charge in [-0.3, -0.25) is 5.84 Å². The molecule has 0 saturated carbocycles. The molecule has 0 fully saturated rings. The molecule has 0 amide bonds. The second-order valence-corrected chi connectivity index (χ2v) is 3.24. The highest BCUT2D eigenvalue weighted by molar-refractivity contribution is 9.10. The number of ether oxygens (including phenoxy) is 1. The van der Waals surface area contributed by atoms with E-state index in [9.17, 15) is 4.79 Å². The molecular weight excluding hydrogens is 236 g/mol. The molecule has 0 atom stereocenters. The molecule has 5 heteroatoms. The summed E-state index contributed by atoms with van der Waals surface area (Å²) in [6, 6.07) is 5.07. The molecule has 0 unspecified atom stereocenters. The zero-order valence-electron chi connectivity index (χ0n) is 7.00. The molecule has 0 radical (unpaired) electrons. The fourth-order valence-corrected chi connectivity index (χ4v) is 1.28. The molecule has 1 aromatic rings. The van der Waals surface area contributed by atoms with Crippen molar-refractivity contribution in [1.29, 1.82) is 0 Å². The topological polar surface area (TPSA) is 64.3 Å². The van der Waals surface area contributed by atoms with Crippen molar-refractivity contribution < 1.29 is 9.53 Å². The SMILES string of the molecule is COC(=O)c1ccc(Br)cc1NN. The largest absolute Gasteiger partial charge is 0.465 e. The van der Waals surface area contributed by atoms with Crippen LogP contribution in [-0.4, -0.2) is 13.1 Å². The Morgan fingerprint density at radius 2 is 2.31 bits per heavy atom. The van der Waals surface area contributed by atoms with Crippen molar-refractivity contribution in [2.24, 2.45) is 5.84 Å². The van der Waals surface area contributed by atoms with Crippen LogP contribution in [0.5, 0.6) is 0 Å². The van der Waals surface area contributed by atoms with Crippen molar-refractivity contribution >= 4 is 27.6 Å². The molecule has 0 spiro atoms. The monoisotopic (exact) mass is 244 g/mol. The highest BCUT2D eigenvalue weighted by Gasteiger charge is 2.10. The van der Waals surface area contributed by atoms with Crippen molar-refractivity contribution in [1.82, 2.24) is 0 Å². The van der Waals surface area contributed by atoms with E-state index in [0.717, 1.165) is 4.47 Å². The Balaban J connectivity index is 3.13. The van der Waals surface area contributed by atoms with Gasteiger partial charge in [-0.15, -0.1) is 0 Å². The Morgan fingerprint density at radius 1 is 1.62 bits per heavy atom. The smallest absolute Gasteiger partial charge is 0.340 e. The second-order valence-electron chi connectivity index (χ2n) is 2.33. The predicted molar refractivity (Wildman–Crippen MR) is 53.3 cm³/mol. The van der Waals surface area contributed by atoms with Gasteiger partial charge in [0.25, 0.3) is 0 Å². The zero-order valence-corrected chi connectivity index (χ0v) is 8.59. The summed E-state index contributed by atoms with van der Waals surface area (Å²) in [6.07, 6.45) is 0. The van der Waals surface area contributed by atoms with Crippen LogP contribution in [0.4, 0.5) is 5.69 Å². The molecule has 3 N–H and O–H groups in total. The number of nitrogen functional groups attached to an aromatic ring is 1. The van der Waals surface area contributed by atoms with Crippen LogP contribution in [0, 0.1) is 0 Å². The number of halogens is 1. The number of rotatable bonds is 2. The number of esters is 1. The van der Waals surface area contributed by atoms with E-state index in [1.807, 2.05) is 0 Å². The van der Waals surface area contributed by atoms with E-state index in [1.54, 1.807) is 18.2 Å². The first kappa shape index (κ1) is 10.0. The lowest BCUT2D eigenvalue weighted by Gasteiger charge is -2.06. The maximum Gasteiger partial charge on any atom is 0.340 e. The first-order valence-corrected chi connectivity index (χ1v) is 4.33. The number of anilines is 1. The predicted octanol–water partition coefficient (Wildman–Crippen LogP) is 1.52. The van der Waals surface area contributed by atoms with Gasteiger partial charge in [0.2, 0.25) is 0 Å². The van der Waals surface area contributed by atoms with E-state index in [0.29, 0.717) is 11.3 Å². The molecule has 1 rings (SSSR count). The van der Waals surface area contributed by atoms with Gasteiger partial charge >= 0.3 is 5.97 Å². The summed E-state index contributed by atoms with van der Waals surface area (Å²) in [4.78, 5) is 11.2. The van der Waals surface area contributed by atoms with Crippen LogP contribution in [0.25, 0.3) is 0 Å². The lowest BCUT2D eigenvalue weighted by atomic mass is 10.2. The molecule has 0 aliphatic carbocycles. The van der Waals surface area contributed by atoms with E-state index in [4.69, 9.17) is 5.84 Å². The highest BCUT2D eigenvalue weighted by Crippen LogP contribution is 2.20. The lowest BCUT2D eigenvalue weighted by molar-refractivity contribution is 0.0602. The van der Waals surface area contributed by atoms with Gasteiger partial charge in [-0.2, -0.15) is 0 Å². The van der Waals surface area contributed by atoms with Gasteiger partial charge in [0, 0.05) is 4.47 Å². The number of hydrogen-bond acceptors (Lipinski definition) is 4. The van der Waals surface area contributed by atoms with Gasteiger partial charge in [0.15, 0.2) is 0 Å². The summed E-state index contributed by atoms with van der Waals surface area (Å²) in [6.45, 7) is 0. The molecule has 0 aliphatic rings.